The maximum absolute atomic E-state index is 15.0. The lowest BCUT2D eigenvalue weighted by Crippen LogP contribution is -2.45. The molecule has 1 amide bonds. The van der Waals surface area contributed by atoms with Gasteiger partial charge in [0.05, 0.1) is 25.0 Å². The Balaban J connectivity index is 1.40. The Hall–Kier alpha value is -2.98. The number of β-amino-alcohol motifs (C(OH)–C–C–N with tert-alkyl or cyclic N) is 1. The monoisotopic (exact) mass is 415 g/mol. The highest BCUT2D eigenvalue weighted by atomic mass is 19.1. The van der Waals surface area contributed by atoms with Crippen LogP contribution in [0.4, 0.5) is 14.9 Å². The molecule has 10 heteroatoms. The van der Waals surface area contributed by atoms with Crippen molar-refractivity contribution < 1.29 is 23.8 Å². The molecule has 1 aromatic carbocycles. The maximum Gasteiger partial charge on any atom is 0.415 e. The summed E-state index contributed by atoms with van der Waals surface area (Å²) < 4.78 is 28.1. The van der Waals surface area contributed by atoms with Crippen LogP contribution in [0.3, 0.4) is 0 Å². The summed E-state index contributed by atoms with van der Waals surface area (Å²) >= 11 is 0. The summed E-state index contributed by atoms with van der Waals surface area (Å²) in [7, 11) is 0. The highest BCUT2D eigenvalue weighted by Gasteiger charge is 2.47. The smallest absolute Gasteiger partial charge is 0.415 e. The van der Waals surface area contributed by atoms with Crippen LogP contribution in [0.25, 0.3) is 5.57 Å². The molecular formula is C20H22FN5O4. The van der Waals surface area contributed by atoms with Crippen molar-refractivity contribution in [2.24, 2.45) is 0 Å². The van der Waals surface area contributed by atoms with Crippen LogP contribution in [0.1, 0.15) is 12.0 Å². The van der Waals surface area contributed by atoms with Crippen molar-refractivity contribution in [1.29, 1.82) is 0 Å². The number of carbonyl (C=O) groups is 1. The zero-order valence-corrected chi connectivity index (χ0v) is 16.3. The van der Waals surface area contributed by atoms with Crippen LogP contribution in [-0.4, -0.2) is 76.1 Å². The Morgan fingerprint density at radius 2 is 2.23 bits per heavy atom. The zero-order valence-electron chi connectivity index (χ0n) is 16.3. The number of aliphatic hydroxyl groups excluding tert-OH is 1. The standard InChI is InChI=1S/C20H22FN5O4/c21-15-10-16-18(9-14(15)13-1-4-24(5-2-13)7-8-27)29-12-17-19(30-20(28)26(16)17)11-25-6-3-22-23-25/h1,3,6,9-10,17,19,27H,2,4-5,7-8,11-12H2/t17-,19-/m0/s1. The molecule has 0 saturated carbocycles. The molecule has 30 heavy (non-hydrogen) atoms. The lowest BCUT2D eigenvalue weighted by Gasteiger charge is -2.32. The van der Waals surface area contributed by atoms with E-state index < -0.39 is 18.0 Å². The van der Waals surface area contributed by atoms with Crippen molar-refractivity contribution >= 4 is 17.4 Å². The predicted molar refractivity (Wildman–Crippen MR) is 105 cm³/mol. The second-order valence-electron chi connectivity index (χ2n) is 7.60. The zero-order chi connectivity index (χ0) is 20.7. The first-order chi connectivity index (χ1) is 14.6. The van der Waals surface area contributed by atoms with E-state index in [1.54, 1.807) is 23.1 Å². The van der Waals surface area contributed by atoms with Crippen molar-refractivity contribution in [2.75, 3.05) is 37.7 Å². The van der Waals surface area contributed by atoms with Crippen LogP contribution in [0, 0.1) is 5.82 Å². The van der Waals surface area contributed by atoms with Gasteiger partial charge in [-0.05, 0) is 18.1 Å². The van der Waals surface area contributed by atoms with Crippen LogP contribution < -0.4 is 9.64 Å². The molecule has 0 radical (unpaired) electrons. The maximum atomic E-state index is 15.0. The van der Waals surface area contributed by atoms with Crippen LogP contribution in [0.2, 0.25) is 0 Å². The van der Waals surface area contributed by atoms with Crippen LogP contribution in [-0.2, 0) is 11.3 Å². The second-order valence-corrected chi connectivity index (χ2v) is 7.60. The van der Waals surface area contributed by atoms with E-state index >= 15 is 4.39 Å². The molecule has 0 unspecified atom stereocenters. The van der Waals surface area contributed by atoms with E-state index in [1.165, 1.54) is 11.0 Å². The van der Waals surface area contributed by atoms with Gasteiger partial charge in [-0.25, -0.2) is 13.9 Å². The number of carbonyl (C=O) groups excluding carboxylic acids is 1. The van der Waals surface area contributed by atoms with Gasteiger partial charge in [-0.1, -0.05) is 11.3 Å². The summed E-state index contributed by atoms with van der Waals surface area (Å²) in [6.07, 6.45) is 4.94. The molecule has 158 valence electrons. The highest BCUT2D eigenvalue weighted by Crippen LogP contribution is 2.42. The summed E-state index contributed by atoms with van der Waals surface area (Å²) in [6, 6.07) is 2.67. The van der Waals surface area contributed by atoms with E-state index in [4.69, 9.17) is 14.6 Å². The summed E-state index contributed by atoms with van der Waals surface area (Å²) in [4.78, 5) is 16.1. The minimum absolute atomic E-state index is 0.106. The van der Waals surface area contributed by atoms with Crippen LogP contribution >= 0.6 is 0 Å². The van der Waals surface area contributed by atoms with E-state index in [2.05, 4.69) is 15.2 Å². The van der Waals surface area contributed by atoms with Crippen LogP contribution in [0.15, 0.2) is 30.6 Å². The summed E-state index contributed by atoms with van der Waals surface area (Å²) in [5.41, 5.74) is 1.78. The molecule has 4 heterocycles. The highest BCUT2D eigenvalue weighted by molar-refractivity contribution is 5.93. The number of nitrogens with zero attached hydrogens (tertiary/aromatic N) is 5. The van der Waals surface area contributed by atoms with Gasteiger partial charge in [0.15, 0.2) is 0 Å². The normalized spacial score (nSPS) is 23.5. The third-order valence-electron chi connectivity index (χ3n) is 5.82. The summed E-state index contributed by atoms with van der Waals surface area (Å²) in [6.45, 7) is 2.74. The molecule has 2 aromatic rings. The number of ether oxygens (including phenoxy) is 2. The quantitative estimate of drug-likeness (QED) is 0.787. The average Bonchev–Trinajstić information content (AvgIpc) is 3.37. The van der Waals surface area contributed by atoms with E-state index in [1.807, 2.05) is 6.08 Å². The van der Waals surface area contributed by atoms with Crippen molar-refractivity contribution in [3.8, 4) is 5.75 Å². The molecule has 5 rings (SSSR count). The van der Waals surface area contributed by atoms with Gasteiger partial charge in [-0.3, -0.25) is 9.80 Å². The fraction of sp³-hybridized carbons (Fsp3) is 0.450. The van der Waals surface area contributed by atoms with E-state index in [0.717, 1.165) is 12.1 Å². The van der Waals surface area contributed by atoms with Gasteiger partial charge in [0, 0.05) is 37.5 Å². The average molecular weight is 415 g/mol. The minimum Gasteiger partial charge on any atom is -0.489 e. The molecule has 3 aliphatic rings. The SMILES string of the molecule is O=C1O[C@@H](Cn2ccnn2)[C@@H]2COc3cc(C4=CCN(CCO)CC4)c(F)cc3N12. The number of fused-ring (bicyclic) bond motifs is 3. The topological polar surface area (TPSA) is 93.0 Å². The van der Waals surface area contributed by atoms with Gasteiger partial charge in [0.25, 0.3) is 0 Å². The fourth-order valence-electron chi connectivity index (χ4n) is 4.27. The molecule has 0 aliphatic carbocycles. The largest absolute Gasteiger partial charge is 0.489 e. The number of benzene rings is 1. The Labute approximate surface area is 172 Å². The summed E-state index contributed by atoms with van der Waals surface area (Å²) in [5.74, 6) is 0.0760. The predicted octanol–water partition coefficient (Wildman–Crippen LogP) is 1.28. The number of anilines is 1. The first-order valence-electron chi connectivity index (χ1n) is 9.97. The second kappa shape index (κ2) is 7.69. The lowest BCUT2D eigenvalue weighted by molar-refractivity contribution is 0.106. The van der Waals surface area contributed by atoms with Crippen molar-refractivity contribution in [3.63, 3.8) is 0 Å². The molecule has 2 atom stereocenters. The van der Waals surface area contributed by atoms with E-state index in [9.17, 15) is 4.79 Å². The fourth-order valence-corrected chi connectivity index (χ4v) is 4.27. The van der Waals surface area contributed by atoms with Gasteiger partial charge >= 0.3 is 6.09 Å². The number of aliphatic hydroxyl groups is 1. The van der Waals surface area contributed by atoms with E-state index in [0.29, 0.717) is 43.1 Å². The van der Waals surface area contributed by atoms with Crippen molar-refractivity contribution in [2.45, 2.75) is 25.1 Å². The summed E-state index contributed by atoms with van der Waals surface area (Å²) in [5, 5.41) is 16.7. The third kappa shape index (κ3) is 3.31. The lowest BCUT2D eigenvalue weighted by atomic mass is 9.97. The van der Waals surface area contributed by atoms with E-state index in [-0.39, 0.29) is 19.3 Å². The number of cyclic esters (lactones) is 1. The van der Waals surface area contributed by atoms with Gasteiger partial charge in [0.2, 0.25) is 0 Å². The number of rotatable bonds is 5. The Morgan fingerprint density at radius 3 is 2.97 bits per heavy atom. The molecule has 1 aromatic heterocycles. The first-order valence-corrected chi connectivity index (χ1v) is 9.97. The Kier molecular flexibility index (Phi) is 4.87. The van der Waals surface area contributed by atoms with Gasteiger partial charge in [-0.2, -0.15) is 0 Å². The third-order valence-corrected chi connectivity index (χ3v) is 5.82. The van der Waals surface area contributed by atoms with Gasteiger partial charge in [-0.15, -0.1) is 5.10 Å². The van der Waals surface area contributed by atoms with Crippen molar-refractivity contribution in [1.82, 2.24) is 19.9 Å². The minimum atomic E-state index is -0.515. The number of hydrogen-bond acceptors (Lipinski definition) is 7. The number of halogens is 1. The molecule has 9 nitrogen and oxygen atoms in total. The first kappa shape index (κ1) is 19.0. The number of amides is 1. The molecular weight excluding hydrogens is 393 g/mol. The molecule has 0 bridgehead atoms. The van der Waals surface area contributed by atoms with Crippen molar-refractivity contribution in [3.05, 3.63) is 42.0 Å². The Morgan fingerprint density at radius 1 is 1.33 bits per heavy atom. The molecule has 1 fully saturated rings. The molecule has 3 aliphatic heterocycles. The molecule has 0 spiro atoms. The number of hydrogen-bond donors (Lipinski definition) is 1. The van der Waals surface area contributed by atoms with Gasteiger partial charge < -0.3 is 14.6 Å². The molecule has 1 N–H and O–H groups in total. The van der Waals surface area contributed by atoms with Gasteiger partial charge in [0.1, 0.15) is 30.3 Å². The molecule has 1 saturated heterocycles. The Bertz CT molecular complexity index is 980. The van der Waals surface area contributed by atoms with Crippen LogP contribution in [0.5, 0.6) is 5.75 Å². The number of aromatic nitrogens is 3.